The Kier molecular flexibility index (Phi) is 2.85. The number of hydrogen-bond acceptors (Lipinski definition) is 1. The van der Waals surface area contributed by atoms with Crippen molar-refractivity contribution in [1.29, 1.82) is 0 Å². The Labute approximate surface area is 124 Å². The molecular weight excluding hydrogens is 256 g/mol. The van der Waals surface area contributed by atoms with Gasteiger partial charge < -0.3 is 0 Å². The fraction of sp³-hybridized carbons (Fsp3) is 0.150. The molecule has 2 bridgehead atoms. The lowest BCUT2D eigenvalue weighted by molar-refractivity contribution is -0.114. The van der Waals surface area contributed by atoms with Gasteiger partial charge in [-0.05, 0) is 28.7 Å². The Balaban J connectivity index is 1.87. The number of ketones is 1. The molecule has 1 aromatic carbocycles. The number of allylic oxidation sites excluding steroid dienone is 10. The zero-order valence-corrected chi connectivity index (χ0v) is 11.8. The molecule has 4 rings (SSSR count). The topological polar surface area (TPSA) is 17.1 Å². The van der Waals surface area contributed by atoms with Gasteiger partial charge in [0, 0.05) is 17.9 Å². The molecule has 21 heavy (non-hydrogen) atoms. The molecular formula is C20H16O. The third-order valence-electron chi connectivity index (χ3n) is 4.45. The van der Waals surface area contributed by atoms with E-state index in [9.17, 15) is 4.79 Å². The molecule has 0 fully saturated rings. The SMILES string of the molecule is O=C1CC(c2ccccc2)C2=C1C1=CC=CC=C(C=C2)C1. The van der Waals surface area contributed by atoms with E-state index in [0.29, 0.717) is 6.42 Å². The van der Waals surface area contributed by atoms with Crippen LogP contribution in [0.1, 0.15) is 24.3 Å². The molecule has 102 valence electrons. The quantitative estimate of drug-likeness (QED) is 0.739. The largest absolute Gasteiger partial charge is 0.294 e. The van der Waals surface area contributed by atoms with Gasteiger partial charge in [-0.3, -0.25) is 4.79 Å². The number of benzene rings is 1. The Morgan fingerprint density at radius 1 is 0.952 bits per heavy atom. The minimum atomic E-state index is 0.205. The Morgan fingerprint density at radius 3 is 2.62 bits per heavy atom. The minimum Gasteiger partial charge on any atom is -0.294 e. The zero-order chi connectivity index (χ0) is 14.2. The van der Waals surface area contributed by atoms with Crippen LogP contribution in [0.2, 0.25) is 0 Å². The van der Waals surface area contributed by atoms with Gasteiger partial charge in [0.05, 0.1) is 0 Å². The van der Waals surface area contributed by atoms with Crippen LogP contribution in [0.5, 0.6) is 0 Å². The molecule has 0 heterocycles. The molecule has 0 amide bonds. The second kappa shape index (κ2) is 4.85. The van der Waals surface area contributed by atoms with Crippen LogP contribution in [0, 0.1) is 0 Å². The van der Waals surface area contributed by atoms with Crippen LogP contribution >= 0.6 is 0 Å². The zero-order valence-electron chi connectivity index (χ0n) is 11.8. The van der Waals surface area contributed by atoms with Crippen LogP contribution in [0.15, 0.2) is 89.1 Å². The molecule has 1 heteroatoms. The molecule has 0 N–H and O–H groups in total. The van der Waals surface area contributed by atoms with Crippen molar-refractivity contribution in [2.24, 2.45) is 0 Å². The third kappa shape index (κ3) is 2.06. The van der Waals surface area contributed by atoms with E-state index in [2.05, 4.69) is 36.4 Å². The van der Waals surface area contributed by atoms with Gasteiger partial charge in [-0.15, -0.1) is 0 Å². The van der Waals surface area contributed by atoms with Crippen molar-refractivity contribution in [2.45, 2.75) is 18.8 Å². The summed E-state index contributed by atoms with van der Waals surface area (Å²) < 4.78 is 0. The summed E-state index contributed by atoms with van der Waals surface area (Å²) in [5.41, 5.74) is 5.81. The summed E-state index contributed by atoms with van der Waals surface area (Å²) in [5.74, 6) is 0.488. The highest BCUT2D eigenvalue weighted by atomic mass is 16.1. The lowest BCUT2D eigenvalue weighted by atomic mass is 9.91. The van der Waals surface area contributed by atoms with Crippen molar-refractivity contribution in [2.75, 3.05) is 0 Å². The predicted octanol–water partition coefficient (Wildman–Crippen LogP) is 4.42. The molecule has 0 spiro atoms. The number of rotatable bonds is 1. The van der Waals surface area contributed by atoms with Gasteiger partial charge in [0.1, 0.15) is 0 Å². The third-order valence-corrected chi connectivity index (χ3v) is 4.45. The van der Waals surface area contributed by atoms with Crippen molar-refractivity contribution < 1.29 is 4.79 Å². The second-order valence-corrected chi connectivity index (χ2v) is 5.75. The van der Waals surface area contributed by atoms with Crippen LogP contribution in [0.4, 0.5) is 0 Å². The van der Waals surface area contributed by atoms with Crippen LogP contribution in [-0.2, 0) is 4.79 Å². The molecule has 1 aromatic rings. The first-order chi connectivity index (χ1) is 10.3. The minimum absolute atomic E-state index is 0.205. The van der Waals surface area contributed by atoms with E-state index in [0.717, 1.165) is 12.0 Å². The number of carbonyl (C=O) groups is 1. The number of Topliss-reactive ketones (excluding diaryl/α,β-unsaturated/α-hetero) is 1. The van der Waals surface area contributed by atoms with Crippen molar-refractivity contribution in [3.8, 4) is 0 Å². The summed E-state index contributed by atoms with van der Waals surface area (Å²) in [6.45, 7) is 0. The van der Waals surface area contributed by atoms with Crippen molar-refractivity contribution >= 4 is 5.78 Å². The summed E-state index contributed by atoms with van der Waals surface area (Å²) in [4.78, 5) is 12.6. The maximum Gasteiger partial charge on any atom is 0.164 e. The lowest BCUT2D eigenvalue weighted by Gasteiger charge is -2.12. The Morgan fingerprint density at radius 2 is 1.76 bits per heavy atom. The predicted molar refractivity (Wildman–Crippen MR) is 84.9 cm³/mol. The molecule has 0 saturated carbocycles. The van der Waals surface area contributed by atoms with E-state index < -0.39 is 0 Å². The fourth-order valence-electron chi connectivity index (χ4n) is 3.45. The van der Waals surface area contributed by atoms with Gasteiger partial charge in [0.25, 0.3) is 0 Å². The van der Waals surface area contributed by atoms with E-state index in [4.69, 9.17) is 0 Å². The Bertz CT molecular complexity index is 754. The van der Waals surface area contributed by atoms with Crippen LogP contribution < -0.4 is 0 Å². The highest BCUT2D eigenvalue weighted by molar-refractivity contribution is 6.05. The number of hydrogen-bond donors (Lipinski definition) is 0. The van der Waals surface area contributed by atoms with Gasteiger partial charge in [-0.25, -0.2) is 0 Å². The van der Waals surface area contributed by atoms with Crippen LogP contribution in [-0.4, -0.2) is 5.78 Å². The summed E-state index contributed by atoms with van der Waals surface area (Å²) in [6, 6.07) is 10.4. The average Bonchev–Trinajstić information content (AvgIpc) is 2.70. The van der Waals surface area contributed by atoms with Crippen molar-refractivity contribution in [1.82, 2.24) is 0 Å². The van der Waals surface area contributed by atoms with Gasteiger partial charge in [0.15, 0.2) is 5.78 Å². The smallest absolute Gasteiger partial charge is 0.164 e. The van der Waals surface area contributed by atoms with E-state index in [-0.39, 0.29) is 11.7 Å². The molecule has 1 atom stereocenters. The standard InChI is InChI=1S/C20H16O/c21-19-13-18(15-7-2-1-3-8-15)17-11-10-14-6-4-5-9-16(12-14)20(17)19/h1-11,18H,12-13H2. The molecule has 1 unspecified atom stereocenters. The molecule has 3 aliphatic rings. The Hall–Kier alpha value is -2.41. The average molecular weight is 272 g/mol. The first-order valence-electron chi connectivity index (χ1n) is 7.40. The molecule has 0 aromatic heterocycles. The van der Waals surface area contributed by atoms with Crippen molar-refractivity contribution in [3.63, 3.8) is 0 Å². The fourth-order valence-corrected chi connectivity index (χ4v) is 3.45. The maximum atomic E-state index is 12.6. The normalized spacial score (nSPS) is 23.4. The van der Waals surface area contributed by atoms with Gasteiger partial charge in [-0.1, -0.05) is 66.8 Å². The highest BCUT2D eigenvalue weighted by Crippen LogP contribution is 2.44. The number of fused-ring (bicyclic) bond motifs is 3. The molecule has 0 saturated heterocycles. The second-order valence-electron chi connectivity index (χ2n) is 5.75. The van der Waals surface area contributed by atoms with Crippen LogP contribution in [0.3, 0.4) is 0 Å². The van der Waals surface area contributed by atoms with E-state index in [1.54, 1.807) is 0 Å². The summed E-state index contributed by atoms with van der Waals surface area (Å²) in [7, 11) is 0. The van der Waals surface area contributed by atoms with E-state index in [1.165, 1.54) is 22.3 Å². The van der Waals surface area contributed by atoms with Crippen molar-refractivity contribution in [3.05, 3.63) is 94.6 Å². The molecule has 0 radical (unpaired) electrons. The lowest BCUT2D eigenvalue weighted by Crippen LogP contribution is -2.01. The first kappa shape index (κ1) is 12.3. The van der Waals surface area contributed by atoms with E-state index in [1.807, 2.05) is 30.4 Å². The summed E-state index contributed by atoms with van der Waals surface area (Å²) in [5, 5.41) is 0. The first-order valence-corrected chi connectivity index (χ1v) is 7.40. The van der Waals surface area contributed by atoms with E-state index >= 15 is 0 Å². The highest BCUT2D eigenvalue weighted by Gasteiger charge is 2.34. The van der Waals surface area contributed by atoms with Gasteiger partial charge in [-0.2, -0.15) is 0 Å². The maximum absolute atomic E-state index is 12.6. The van der Waals surface area contributed by atoms with Gasteiger partial charge >= 0.3 is 0 Å². The monoisotopic (exact) mass is 272 g/mol. The summed E-state index contributed by atoms with van der Waals surface area (Å²) in [6.07, 6.45) is 14.1. The molecule has 3 aliphatic carbocycles. The van der Waals surface area contributed by atoms with Gasteiger partial charge in [0.2, 0.25) is 0 Å². The van der Waals surface area contributed by atoms with Crippen LogP contribution in [0.25, 0.3) is 0 Å². The molecule has 1 nitrogen and oxygen atoms in total. The molecule has 0 aliphatic heterocycles. The summed E-state index contributed by atoms with van der Waals surface area (Å²) >= 11 is 0. The number of carbonyl (C=O) groups excluding carboxylic acids is 1.